The van der Waals surface area contributed by atoms with Crippen molar-refractivity contribution < 1.29 is 22.8 Å². The lowest BCUT2D eigenvalue weighted by Crippen LogP contribution is -2.20. The number of hydrogen-bond acceptors (Lipinski definition) is 3. The van der Waals surface area contributed by atoms with Crippen LogP contribution in [0.3, 0.4) is 0 Å². The molecule has 2 aromatic carbocycles. The third kappa shape index (κ3) is 4.59. The zero-order valence-corrected chi connectivity index (χ0v) is 19.0. The number of hydrogen-bond donors (Lipinski definition) is 0. The molecule has 0 saturated heterocycles. The molecule has 32 heavy (non-hydrogen) atoms. The van der Waals surface area contributed by atoms with Crippen LogP contribution in [-0.4, -0.2) is 16.1 Å². The summed E-state index contributed by atoms with van der Waals surface area (Å²) in [4.78, 5) is 11.3. The van der Waals surface area contributed by atoms with Gasteiger partial charge in [-0.2, -0.15) is 13.2 Å². The zero-order valence-electron chi connectivity index (χ0n) is 16.7. The lowest BCUT2D eigenvalue weighted by molar-refractivity contribution is -0.383. The molecule has 0 N–H and O–H groups in total. The summed E-state index contributed by atoms with van der Waals surface area (Å²) in [6, 6.07) is 9.42. The number of alkyl halides is 3. The Balaban J connectivity index is 2.55. The molecule has 0 aliphatic heterocycles. The number of ether oxygens (including phenoxy) is 1. The van der Waals surface area contributed by atoms with E-state index in [9.17, 15) is 23.3 Å². The van der Waals surface area contributed by atoms with Gasteiger partial charge in [-0.15, -0.1) is 0 Å². The van der Waals surface area contributed by atoms with E-state index >= 15 is 0 Å². The lowest BCUT2D eigenvalue weighted by Gasteiger charge is -2.21. The number of aromatic nitrogens is 1. The maximum Gasteiger partial charge on any atom is 0.432 e. The Bertz CT molecular complexity index is 1160. The minimum atomic E-state index is -4.96. The van der Waals surface area contributed by atoms with Gasteiger partial charge in [-0.1, -0.05) is 53.0 Å². The predicted molar refractivity (Wildman–Crippen MR) is 118 cm³/mol. The molecule has 1 unspecified atom stereocenters. The Morgan fingerprint density at radius 2 is 1.66 bits per heavy atom. The highest BCUT2D eigenvalue weighted by molar-refractivity contribution is 6.42. The first kappa shape index (κ1) is 24.4. The molecule has 0 aliphatic rings. The summed E-state index contributed by atoms with van der Waals surface area (Å²) in [7, 11) is 0. The van der Waals surface area contributed by atoms with Crippen LogP contribution >= 0.6 is 34.8 Å². The van der Waals surface area contributed by atoms with E-state index in [4.69, 9.17) is 39.5 Å². The van der Waals surface area contributed by atoms with Crippen molar-refractivity contribution in [2.45, 2.75) is 26.3 Å². The molecule has 1 aromatic heterocycles. The molecule has 0 spiro atoms. The van der Waals surface area contributed by atoms with Gasteiger partial charge in [-0.25, -0.2) is 0 Å². The van der Waals surface area contributed by atoms with E-state index in [1.165, 1.54) is 49.4 Å². The summed E-state index contributed by atoms with van der Waals surface area (Å²) in [5, 5.41) is 12.6. The average Bonchev–Trinajstić information content (AvgIpc) is 3.08. The summed E-state index contributed by atoms with van der Waals surface area (Å²) >= 11 is 17.9. The zero-order chi connectivity index (χ0) is 23.8. The van der Waals surface area contributed by atoms with E-state index < -0.39 is 34.3 Å². The maximum absolute atomic E-state index is 14.4. The van der Waals surface area contributed by atoms with Crippen molar-refractivity contribution >= 4 is 40.5 Å². The van der Waals surface area contributed by atoms with Crippen molar-refractivity contribution in [2.24, 2.45) is 0 Å². The third-order valence-corrected chi connectivity index (χ3v) is 5.72. The van der Waals surface area contributed by atoms with Crippen molar-refractivity contribution in [1.82, 2.24) is 4.57 Å². The molecule has 170 valence electrons. The van der Waals surface area contributed by atoms with Gasteiger partial charge in [0.05, 0.1) is 20.5 Å². The maximum atomic E-state index is 14.4. The van der Waals surface area contributed by atoms with Gasteiger partial charge < -0.3 is 9.30 Å². The van der Waals surface area contributed by atoms with Crippen LogP contribution in [0.4, 0.5) is 18.9 Å². The molecular weight excluding hydrogens is 492 g/mol. The Hall–Kier alpha value is -2.26. The van der Waals surface area contributed by atoms with Gasteiger partial charge in [0.1, 0.15) is 17.6 Å². The number of nitrogens with zero attached hydrogens (tertiary/aromatic N) is 2. The Kier molecular flexibility index (Phi) is 7.09. The van der Waals surface area contributed by atoms with E-state index in [0.29, 0.717) is 5.02 Å². The molecule has 0 fully saturated rings. The SMILES string of the molecule is CCOC(C)n1c(-c2ccc(Cl)cc2)c([N+](=O)[O-])c(-c2ccc(Cl)c(Cl)c2)c1C(F)(F)F. The second-order valence-electron chi connectivity index (χ2n) is 6.74. The van der Waals surface area contributed by atoms with Crippen molar-refractivity contribution in [1.29, 1.82) is 0 Å². The molecular formula is C21H16Cl3F3N2O3. The Morgan fingerprint density at radius 3 is 2.16 bits per heavy atom. The quantitative estimate of drug-likeness (QED) is 0.249. The smallest absolute Gasteiger partial charge is 0.359 e. The summed E-state index contributed by atoms with van der Waals surface area (Å²) in [5.41, 5.74) is -2.78. The number of halogens is 6. The molecule has 0 aliphatic carbocycles. The van der Waals surface area contributed by atoms with Gasteiger partial charge in [0.25, 0.3) is 0 Å². The van der Waals surface area contributed by atoms with Crippen molar-refractivity contribution in [3.8, 4) is 22.4 Å². The summed E-state index contributed by atoms with van der Waals surface area (Å²) in [5.74, 6) is 0. The molecule has 3 aromatic rings. The van der Waals surface area contributed by atoms with E-state index in [2.05, 4.69) is 0 Å². The number of nitro groups is 1. The highest BCUT2D eigenvalue weighted by Gasteiger charge is 2.46. The van der Waals surface area contributed by atoms with Gasteiger partial charge in [-0.3, -0.25) is 10.1 Å². The molecule has 11 heteroatoms. The second-order valence-corrected chi connectivity index (χ2v) is 7.99. The summed E-state index contributed by atoms with van der Waals surface area (Å²) < 4.78 is 49.5. The fraction of sp³-hybridized carbons (Fsp3) is 0.238. The average molecular weight is 508 g/mol. The van der Waals surface area contributed by atoms with Crippen LogP contribution in [0, 0.1) is 10.1 Å². The standard InChI is InChI=1S/C21H16Cl3F3N2O3/c1-3-32-11(2)28-18(12-4-7-14(22)8-5-12)19(29(30)31)17(20(28)21(25,26)27)13-6-9-15(23)16(24)10-13/h4-11H,3H2,1-2H3. The fourth-order valence-electron chi connectivity index (χ4n) is 3.52. The first-order valence-electron chi connectivity index (χ1n) is 9.30. The summed E-state index contributed by atoms with van der Waals surface area (Å²) in [6.07, 6.45) is -6.13. The van der Waals surface area contributed by atoms with E-state index in [1.54, 1.807) is 6.92 Å². The van der Waals surface area contributed by atoms with E-state index in [1.807, 2.05) is 0 Å². The number of benzene rings is 2. The first-order valence-corrected chi connectivity index (χ1v) is 10.4. The minimum absolute atomic E-state index is 0.0368. The molecule has 3 rings (SSSR count). The van der Waals surface area contributed by atoms with Crippen LogP contribution in [0.15, 0.2) is 42.5 Å². The number of rotatable bonds is 6. The van der Waals surface area contributed by atoms with Crippen LogP contribution in [-0.2, 0) is 10.9 Å². The van der Waals surface area contributed by atoms with Crippen molar-refractivity contribution in [2.75, 3.05) is 6.61 Å². The molecule has 0 amide bonds. The highest BCUT2D eigenvalue weighted by Crippen LogP contribution is 2.51. The Labute approximate surface area is 196 Å². The second kappa shape index (κ2) is 9.31. The van der Waals surface area contributed by atoms with Crippen LogP contribution in [0.1, 0.15) is 25.8 Å². The Morgan fingerprint density at radius 1 is 1.06 bits per heavy atom. The molecule has 0 saturated carbocycles. The highest BCUT2D eigenvalue weighted by atomic mass is 35.5. The van der Waals surface area contributed by atoms with Crippen molar-refractivity contribution in [3.05, 3.63) is 73.3 Å². The molecule has 1 heterocycles. The molecule has 5 nitrogen and oxygen atoms in total. The monoisotopic (exact) mass is 506 g/mol. The van der Waals surface area contributed by atoms with Gasteiger partial charge in [0.15, 0.2) is 0 Å². The largest absolute Gasteiger partial charge is 0.432 e. The lowest BCUT2D eigenvalue weighted by atomic mass is 10.0. The topological polar surface area (TPSA) is 57.3 Å². The van der Waals surface area contributed by atoms with Crippen LogP contribution < -0.4 is 0 Å². The predicted octanol–water partition coefficient (Wildman–Crippen LogP) is 8.26. The first-order chi connectivity index (χ1) is 15.0. The fourth-order valence-corrected chi connectivity index (χ4v) is 3.95. The van der Waals surface area contributed by atoms with Crippen molar-refractivity contribution in [3.63, 3.8) is 0 Å². The van der Waals surface area contributed by atoms with E-state index in [0.717, 1.165) is 4.57 Å². The van der Waals surface area contributed by atoms with Gasteiger partial charge >= 0.3 is 11.9 Å². The van der Waals surface area contributed by atoms with Crippen LogP contribution in [0.25, 0.3) is 22.4 Å². The normalized spacial score (nSPS) is 12.8. The minimum Gasteiger partial charge on any atom is -0.359 e. The van der Waals surface area contributed by atoms with E-state index in [-0.39, 0.29) is 33.5 Å². The van der Waals surface area contributed by atoms with Crippen LogP contribution in [0.5, 0.6) is 0 Å². The third-order valence-electron chi connectivity index (χ3n) is 4.73. The summed E-state index contributed by atoms with van der Waals surface area (Å²) in [6.45, 7) is 3.09. The van der Waals surface area contributed by atoms with Crippen LogP contribution in [0.2, 0.25) is 15.1 Å². The molecule has 0 radical (unpaired) electrons. The van der Waals surface area contributed by atoms with Gasteiger partial charge in [0.2, 0.25) is 0 Å². The molecule has 1 atom stereocenters. The van der Waals surface area contributed by atoms with Gasteiger partial charge in [0, 0.05) is 17.2 Å². The molecule has 0 bridgehead atoms. The van der Waals surface area contributed by atoms with Gasteiger partial charge in [-0.05, 0) is 43.7 Å².